The van der Waals surface area contributed by atoms with Crippen LogP contribution < -0.4 is 0 Å². The Labute approximate surface area is 116 Å². The minimum absolute atomic E-state index is 0.0619. The van der Waals surface area contributed by atoms with Crippen LogP contribution in [0.1, 0.15) is 16.8 Å². The Morgan fingerprint density at radius 2 is 2.00 bits per heavy atom. The normalized spacial score (nSPS) is 10.2. The molecular formula is C14H15N3O3. The molecule has 6 heteroatoms. The topological polar surface area (TPSA) is 75.4 Å². The van der Waals surface area contributed by atoms with Crippen molar-refractivity contribution in [2.75, 3.05) is 13.6 Å². The Balaban J connectivity index is 2.06. The highest BCUT2D eigenvalue weighted by Gasteiger charge is 2.12. The Morgan fingerprint density at radius 1 is 1.30 bits per heavy atom. The van der Waals surface area contributed by atoms with Crippen molar-refractivity contribution in [2.45, 2.75) is 6.42 Å². The molecule has 0 saturated heterocycles. The molecule has 1 aromatic heterocycles. The number of hydrogen-bond acceptors (Lipinski definition) is 3. The van der Waals surface area contributed by atoms with E-state index in [1.807, 2.05) is 12.3 Å². The van der Waals surface area contributed by atoms with Crippen LogP contribution in [0.15, 0.2) is 42.7 Å². The number of nitrogens with zero attached hydrogens (tertiary/aromatic N) is 3. The summed E-state index contributed by atoms with van der Waals surface area (Å²) in [6.07, 6.45) is 3.43. The van der Waals surface area contributed by atoms with E-state index in [0.29, 0.717) is 5.56 Å². The van der Waals surface area contributed by atoms with Gasteiger partial charge in [-0.15, -0.1) is 0 Å². The van der Waals surface area contributed by atoms with E-state index in [1.54, 1.807) is 42.2 Å². The maximum Gasteiger partial charge on any atom is 0.305 e. The summed E-state index contributed by atoms with van der Waals surface area (Å²) >= 11 is 0. The van der Waals surface area contributed by atoms with Crippen molar-refractivity contribution in [3.63, 3.8) is 0 Å². The van der Waals surface area contributed by atoms with E-state index in [1.165, 1.54) is 4.90 Å². The van der Waals surface area contributed by atoms with E-state index in [0.717, 1.165) is 5.69 Å². The molecule has 0 fully saturated rings. The largest absolute Gasteiger partial charge is 0.481 e. The summed E-state index contributed by atoms with van der Waals surface area (Å²) in [6, 6.07) is 8.82. The van der Waals surface area contributed by atoms with Crippen molar-refractivity contribution in [3.05, 3.63) is 48.3 Å². The van der Waals surface area contributed by atoms with Crippen molar-refractivity contribution < 1.29 is 14.7 Å². The standard InChI is InChI=1S/C14H15N3O3/c1-16(10-7-13(18)19)14(20)11-3-5-12(6-4-11)17-9-2-8-15-17/h2-6,8-9H,7,10H2,1H3,(H,18,19). The highest BCUT2D eigenvalue weighted by Crippen LogP contribution is 2.10. The van der Waals surface area contributed by atoms with Crippen molar-refractivity contribution in [2.24, 2.45) is 0 Å². The molecular weight excluding hydrogens is 258 g/mol. The van der Waals surface area contributed by atoms with Crippen LogP contribution in [-0.2, 0) is 4.79 Å². The molecule has 6 nitrogen and oxygen atoms in total. The molecule has 0 atom stereocenters. The van der Waals surface area contributed by atoms with Crippen LogP contribution in [0.3, 0.4) is 0 Å². The fraction of sp³-hybridized carbons (Fsp3) is 0.214. The van der Waals surface area contributed by atoms with Gasteiger partial charge in [-0.25, -0.2) is 4.68 Å². The first-order chi connectivity index (χ1) is 9.58. The summed E-state index contributed by atoms with van der Waals surface area (Å²) in [5.74, 6) is -1.11. The van der Waals surface area contributed by atoms with Crippen LogP contribution in [0.5, 0.6) is 0 Å². The van der Waals surface area contributed by atoms with E-state index in [2.05, 4.69) is 5.10 Å². The van der Waals surface area contributed by atoms with Gasteiger partial charge in [-0.3, -0.25) is 9.59 Å². The molecule has 20 heavy (non-hydrogen) atoms. The number of amides is 1. The lowest BCUT2D eigenvalue weighted by molar-refractivity contribution is -0.137. The smallest absolute Gasteiger partial charge is 0.305 e. The van der Waals surface area contributed by atoms with Crippen molar-refractivity contribution in [1.29, 1.82) is 0 Å². The number of hydrogen-bond donors (Lipinski definition) is 1. The van der Waals surface area contributed by atoms with Gasteiger partial charge < -0.3 is 10.0 Å². The van der Waals surface area contributed by atoms with Crippen LogP contribution in [0.25, 0.3) is 5.69 Å². The second kappa shape index (κ2) is 6.01. The molecule has 0 bridgehead atoms. The second-order valence-electron chi connectivity index (χ2n) is 4.37. The SMILES string of the molecule is CN(CCC(=O)O)C(=O)c1ccc(-n2cccn2)cc1. The van der Waals surface area contributed by atoms with Crippen molar-refractivity contribution >= 4 is 11.9 Å². The van der Waals surface area contributed by atoms with E-state index in [-0.39, 0.29) is 18.9 Å². The minimum atomic E-state index is -0.918. The summed E-state index contributed by atoms with van der Waals surface area (Å²) in [7, 11) is 1.59. The number of aromatic nitrogens is 2. The monoisotopic (exact) mass is 273 g/mol. The zero-order valence-corrected chi connectivity index (χ0v) is 11.1. The number of rotatable bonds is 5. The number of carbonyl (C=O) groups excluding carboxylic acids is 1. The summed E-state index contributed by atoms with van der Waals surface area (Å²) in [6.45, 7) is 0.190. The minimum Gasteiger partial charge on any atom is -0.481 e. The summed E-state index contributed by atoms with van der Waals surface area (Å²) in [5.41, 5.74) is 1.38. The zero-order valence-electron chi connectivity index (χ0n) is 11.1. The number of carboxylic acids is 1. The predicted octanol–water partition coefficient (Wildman–Crippen LogP) is 1.42. The summed E-state index contributed by atoms with van der Waals surface area (Å²) in [4.78, 5) is 24.0. The van der Waals surface area contributed by atoms with Crippen LogP contribution in [-0.4, -0.2) is 45.3 Å². The number of carbonyl (C=O) groups is 2. The Kier molecular flexibility index (Phi) is 4.14. The molecule has 104 valence electrons. The van der Waals surface area contributed by atoms with Gasteiger partial charge >= 0.3 is 5.97 Å². The van der Waals surface area contributed by atoms with Gasteiger partial charge in [0.25, 0.3) is 5.91 Å². The second-order valence-corrected chi connectivity index (χ2v) is 4.37. The number of carboxylic acid groups (broad SMARTS) is 1. The van der Waals surface area contributed by atoms with Gasteiger partial charge in [-0.2, -0.15) is 5.10 Å². The Hall–Kier alpha value is -2.63. The summed E-state index contributed by atoms with van der Waals surface area (Å²) in [5, 5.41) is 12.7. The average molecular weight is 273 g/mol. The van der Waals surface area contributed by atoms with Gasteiger partial charge in [0.2, 0.25) is 0 Å². The van der Waals surface area contributed by atoms with Gasteiger partial charge in [0.1, 0.15) is 0 Å². The number of aliphatic carboxylic acids is 1. The molecule has 2 aromatic rings. The van der Waals surface area contributed by atoms with E-state index in [4.69, 9.17) is 5.11 Å². The third-order valence-electron chi connectivity index (χ3n) is 2.89. The molecule has 0 unspecified atom stereocenters. The first kappa shape index (κ1) is 13.8. The first-order valence-corrected chi connectivity index (χ1v) is 6.15. The highest BCUT2D eigenvalue weighted by atomic mass is 16.4. The summed E-state index contributed by atoms with van der Waals surface area (Å²) < 4.78 is 1.70. The van der Waals surface area contributed by atoms with Crippen LogP contribution in [0.4, 0.5) is 0 Å². The van der Waals surface area contributed by atoms with Crippen molar-refractivity contribution in [1.82, 2.24) is 14.7 Å². The van der Waals surface area contributed by atoms with Crippen molar-refractivity contribution in [3.8, 4) is 5.69 Å². The molecule has 1 aromatic carbocycles. The molecule has 1 heterocycles. The average Bonchev–Trinajstić information content (AvgIpc) is 2.98. The van der Waals surface area contributed by atoms with Crippen LogP contribution in [0.2, 0.25) is 0 Å². The van der Waals surface area contributed by atoms with Gasteiger partial charge in [-0.1, -0.05) is 0 Å². The van der Waals surface area contributed by atoms with Crippen LogP contribution in [0, 0.1) is 0 Å². The third-order valence-corrected chi connectivity index (χ3v) is 2.89. The quantitative estimate of drug-likeness (QED) is 0.894. The Morgan fingerprint density at radius 3 is 2.55 bits per heavy atom. The fourth-order valence-corrected chi connectivity index (χ4v) is 1.76. The van der Waals surface area contributed by atoms with Crippen LogP contribution >= 0.6 is 0 Å². The molecule has 2 rings (SSSR count). The van der Waals surface area contributed by atoms with E-state index in [9.17, 15) is 9.59 Å². The molecule has 1 N–H and O–H groups in total. The molecule has 0 radical (unpaired) electrons. The van der Waals surface area contributed by atoms with Gasteiger partial charge in [0, 0.05) is 31.5 Å². The maximum atomic E-state index is 12.1. The lowest BCUT2D eigenvalue weighted by atomic mass is 10.2. The molecule has 1 amide bonds. The highest BCUT2D eigenvalue weighted by molar-refractivity contribution is 5.94. The number of benzene rings is 1. The maximum absolute atomic E-state index is 12.1. The molecule has 0 saturated carbocycles. The van der Waals surface area contributed by atoms with Gasteiger partial charge in [-0.05, 0) is 30.3 Å². The molecule has 0 aliphatic carbocycles. The lowest BCUT2D eigenvalue weighted by Crippen LogP contribution is -2.29. The molecule has 0 aliphatic rings. The Bertz CT molecular complexity index is 591. The van der Waals surface area contributed by atoms with E-state index < -0.39 is 5.97 Å². The molecule has 0 aliphatic heterocycles. The predicted molar refractivity (Wildman–Crippen MR) is 72.8 cm³/mol. The van der Waals surface area contributed by atoms with Gasteiger partial charge in [0.15, 0.2) is 0 Å². The van der Waals surface area contributed by atoms with E-state index >= 15 is 0 Å². The molecule has 0 spiro atoms. The third kappa shape index (κ3) is 3.23. The lowest BCUT2D eigenvalue weighted by Gasteiger charge is -2.16. The van der Waals surface area contributed by atoms with Gasteiger partial charge in [0.05, 0.1) is 12.1 Å². The fourth-order valence-electron chi connectivity index (χ4n) is 1.76. The first-order valence-electron chi connectivity index (χ1n) is 6.15. The zero-order chi connectivity index (χ0) is 14.5.